The molecular formula is C17H16NO3S-. The van der Waals surface area contributed by atoms with Gasteiger partial charge in [-0.25, -0.2) is 0 Å². The van der Waals surface area contributed by atoms with Crippen molar-refractivity contribution in [1.82, 2.24) is 0 Å². The summed E-state index contributed by atoms with van der Waals surface area (Å²) in [6, 6.07) is 8.78. The molecule has 1 aromatic carbocycles. The van der Waals surface area contributed by atoms with E-state index in [9.17, 15) is 14.7 Å². The smallest absolute Gasteiger partial charge is 0.256 e. The summed E-state index contributed by atoms with van der Waals surface area (Å²) in [7, 11) is 0. The van der Waals surface area contributed by atoms with Gasteiger partial charge in [0.05, 0.1) is 5.97 Å². The van der Waals surface area contributed by atoms with Crippen LogP contribution in [0.4, 0.5) is 5.00 Å². The van der Waals surface area contributed by atoms with E-state index >= 15 is 0 Å². The predicted octanol–water partition coefficient (Wildman–Crippen LogP) is 2.63. The van der Waals surface area contributed by atoms with E-state index in [1.54, 1.807) is 24.3 Å². The Balaban J connectivity index is 1.94. The highest BCUT2D eigenvalue weighted by atomic mass is 32.1. The first-order valence-electron chi connectivity index (χ1n) is 7.39. The first-order chi connectivity index (χ1) is 10.7. The molecule has 0 atom stereocenters. The normalized spacial score (nSPS) is 14.0. The highest BCUT2D eigenvalue weighted by Crippen LogP contribution is 2.37. The van der Waals surface area contributed by atoms with Crippen LogP contribution in [0.25, 0.3) is 0 Å². The first-order valence-corrected chi connectivity index (χ1v) is 8.20. The standard InChI is InChI=1S/C17H17NO3S/c19-15(11-7-3-1-4-8-11)18-16-14(17(20)21)12-9-5-2-6-10-13(12)22-16/h1,3-4,7-8H,2,5-6,9-10H2,(H,18,19)(H,20,21)/p-1. The number of hydrogen-bond donors (Lipinski definition) is 1. The third-order valence-electron chi connectivity index (χ3n) is 3.89. The Morgan fingerprint density at radius 2 is 1.77 bits per heavy atom. The van der Waals surface area contributed by atoms with Gasteiger partial charge >= 0.3 is 0 Å². The number of aryl methyl sites for hydroxylation is 1. The van der Waals surface area contributed by atoms with Crippen molar-refractivity contribution < 1.29 is 14.7 Å². The summed E-state index contributed by atoms with van der Waals surface area (Å²) in [6.07, 6.45) is 4.78. The average Bonchev–Trinajstić information content (AvgIpc) is 2.69. The van der Waals surface area contributed by atoms with E-state index in [1.807, 2.05) is 6.07 Å². The number of anilines is 1. The van der Waals surface area contributed by atoms with Crippen molar-refractivity contribution in [3.8, 4) is 0 Å². The van der Waals surface area contributed by atoms with Gasteiger partial charge < -0.3 is 15.2 Å². The number of amides is 1. The number of carboxylic acids is 1. The quantitative estimate of drug-likeness (QED) is 0.885. The van der Waals surface area contributed by atoms with Crippen molar-refractivity contribution in [1.29, 1.82) is 0 Å². The van der Waals surface area contributed by atoms with Crippen LogP contribution in [-0.2, 0) is 12.8 Å². The van der Waals surface area contributed by atoms with Crippen LogP contribution in [0.1, 0.15) is 50.4 Å². The number of carboxylic acid groups (broad SMARTS) is 1. The van der Waals surface area contributed by atoms with Gasteiger partial charge in [-0.05, 0) is 43.4 Å². The lowest BCUT2D eigenvalue weighted by atomic mass is 10.1. The van der Waals surface area contributed by atoms with Gasteiger partial charge in [0.25, 0.3) is 5.91 Å². The van der Waals surface area contributed by atoms with E-state index < -0.39 is 5.97 Å². The zero-order valence-corrected chi connectivity index (χ0v) is 12.9. The minimum absolute atomic E-state index is 0.172. The highest BCUT2D eigenvalue weighted by molar-refractivity contribution is 7.17. The fourth-order valence-corrected chi connectivity index (χ4v) is 4.08. The zero-order valence-electron chi connectivity index (χ0n) is 12.1. The van der Waals surface area contributed by atoms with Crippen molar-refractivity contribution in [2.24, 2.45) is 0 Å². The Bertz CT molecular complexity index is 706. The highest BCUT2D eigenvalue weighted by Gasteiger charge is 2.21. The number of benzene rings is 1. The van der Waals surface area contributed by atoms with E-state index in [-0.39, 0.29) is 11.5 Å². The molecule has 0 unspecified atom stereocenters. The minimum atomic E-state index is -1.21. The maximum Gasteiger partial charge on any atom is 0.256 e. The molecule has 0 aliphatic heterocycles. The Labute approximate surface area is 132 Å². The number of fused-ring (bicyclic) bond motifs is 1. The number of thiophene rings is 1. The molecule has 114 valence electrons. The summed E-state index contributed by atoms with van der Waals surface area (Å²) in [4.78, 5) is 24.9. The molecule has 2 aromatic rings. The van der Waals surface area contributed by atoms with Crippen LogP contribution < -0.4 is 10.4 Å². The van der Waals surface area contributed by atoms with Crippen molar-refractivity contribution in [3.63, 3.8) is 0 Å². The molecule has 22 heavy (non-hydrogen) atoms. The van der Waals surface area contributed by atoms with Gasteiger partial charge in [-0.1, -0.05) is 24.6 Å². The lowest BCUT2D eigenvalue weighted by Crippen LogP contribution is -2.25. The Kier molecular flexibility index (Phi) is 4.24. The molecule has 0 fully saturated rings. The number of nitrogens with one attached hydrogen (secondary N) is 1. The Morgan fingerprint density at radius 3 is 2.50 bits per heavy atom. The third kappa shape index (κ3) is 2.90. The van der Waals surface area contributed by atoms with Gasteiger partial charge in [-0.15, -0.1) is 11.3 Å². The second kappa shape index (κ2) is 6.32. The minimum Gasteiger partial charge on any atom is -0.545 e. The van der Waals surface area contributed by atoms with E-state index in [4.69, 9.17) is 0 Å². The van der Waals surface area contributed by atoms with Crippen LogP contribution in [0.3, 0.4) is 0 Å². The van der Waals surface area contributed by atoms with Gasteiger partial charge in [-0.3, -0.25) is 4.79 Å². The van der Waals surface area contributed by atoms with Crippen molar-refractivity contribution in [3.05, 3.63) is 51.9 Å². The number of carbonyl (C=O) groups excluding carboxylic acids is 2. The third-order valence-corrected chi connectivity index (χ3v) is 5.10. The Hall–Kier alpha value is -2.14. The largest absolute Gasteiger partial charge is 0.545 e. The van der Waals surface area contributed by atoms with Gasteiger partial charge in [0.2, 0.25) is 0 Å². The van der Waals surface area contributed by atoms with E-state index in [2.05, 4.69) is 5.32 Å². The van der Waals surface area contributed by atoms with Crippen LogP contribution in [-0.4, -0.2) is 11.9 Å². The summed E-state index contributed by atoms with van der Waals surface area (Å²) in [5, 5.41) is 14.7. The molecule has 4 nitrogen and oxygen atoms in total. The van der Waals surface area contributed by atoms with Crippen LogP contribution in [0, 0.1) is 0 Å². The van der Waals surface area contributed by atoms with Crippen LogP contribution in [0.2, 0.25) is 0 Å². The number of carbonyl (C=O) groups is 2. The Morgan fingerprint density at radius 1 is 1.05 bits per heavy atom. The molecule has 1 aromatic heterocycles. The topological polar surface area (TPSA) is 69.2 Å². The van der Waals surface area contributed by atoms with Gasteiger partial charge in [0, 0.05) is 16.0 Å². The SMILES string of the molecule is O=C(Nc1sc2c(c1C(=O)[O-])CCCCC2)c1ccccc1. The molecule has 1 aliphatic rings. The molecule has 5 heteroatoms. The van der Waals surface area contributed by atoms with E-state index in [1.165, 1.54) is 11.3 Å². The van der Waals surface area contributed by atoms with Crippen LogP contribution in [0.5, 0.6) is 0 Å². The summed E-state index contributed by atoms with van der Waals surface area (Å²) in [5.41, 5.74) is 1.53. The maximum atomic E-state index is 12.3. The van der Waals surface area contributed by atoms with Crippen LogP contribution in [0.15, 0.2) is 30.3 Å². The summed E-state index contributed by atoms with van der Waals surface area (Å²) >= 11 is 1.37. The molecule has 0 bridgehead atoms. The molecule has 3 rings (SSSR count). The van der Waals surface area contributed by atoms with Gasteiger partial charge in [0.15, 0.2) is 0 Å². The van der Waals surface area contributed by atoms with Crippen molar-refractivity contribution in [2.45, 2.75) is 32.1 Å². The van der Waals surface area contributed by atoms with Crippen molar-refractivity contribution >= 4 is 28.2 Å². The second-order valence-corrected chi connectivity index (χ2v) is 6.48. The molecule has 1 aliphatic carbocycles. The monoisotopic (exact) mass is 314 g/mol. The average molecular weight is 314 g/mol. The van der Waals surface area contributed by atoms with Gasteiger partial charge in [0.1, 0.15) is 5.00 Å². The number of aromatic carboxylic acids is 1. The fourth-order valence-electron chi connectivity index (χ4n) is 2.81. The lowest BCUT2D eigenvalue weighted by Gasteiger charge is -2.09. The molecule has 0 saturated heterocycles. The predicted molar refractivity (Wildman–Crippen MR) is 84.3 cm³/mol. The molecule has 1 heterocycles. The van der Waals surface area contributed by atoms with E-state index in [0.29, 0.717) is 10.6 Å². The van der Waals surface area contributed by atoms with Crippen molar-refractivity contribution in [2.75, 3.05) is 5.32 Å². The summed E-state index contributed by atoms with van der Waals surface area (Å²) < 4.78 is 0. The van der Waals surface area contributed by atoms with E-state index in [0.717, 1.165) is 42.5 Å². The number of rotatable bonds is 3. The first kappa shape index (κ1) is 14.8. The lowest BCUT2D eigenvalue weighted by molar-refractivity contribution is -0.254. The molecule has 0 saturated carbocycles. The molecule has 1 amide bonds. The second-order valence-electron chi connectivity index (χ2n) is 5.38. The maximum absolute atomic E-state index is 12.3. The van der Waals surface area contributed by atoms with Gasteiger partial charge in [-0.2, -0.15) is 0 Å². The summed E-state index contributed by atoms with van der Waals surface area (Å²) in [5.74, 6) is -1.50. The molecule has 0 spiro atoms. The number of hydrogen-bond acceptors (Lipinski definition) is 4. The zero-order chi connectivity index (χ0) is 15.5. The molecule has 1 N–H and O–H groups in total. The fraction of sp³-hybridized carbons (Fsp3) is 0.294. The van der Waals surface area contributed by atoms with Crippen LogP contribution >= 0.6 is 11.3 Å². The molecule has 0 radical (unpaired) electrons. The summed E-state index contributed by atoms with van der Waals surface area (Å²) in [6.45, 7) is 0. The molecular weight excluding hydrogens is 298 g/mol.